The number of hydrogen-bond donors (Lipinski definition) is 3. The SMILES string of the molecule is CC(C)(C)OC(=O)NCCSSCCNC(=O)CCC(=O)O. The number of nitrogens with one attached hydrogen (secondary N) is 2. The zero-order valence-corrected chi connectivity index (χ0v) is 14.8. The van der Waals surface area contributed by atoms with Gasteiger partial charge in [-0.2, -0.15) is 0 Å². The summed E-state index contributed by atoms with van der Waals surface area (Å²) in [5, 5.41) is 13.7. The number of ether oxygens (including phenoxy) is 1. The van der Waals surface area contributed by atoms with Gasteiger partial charge in [-0.1, -0.05) is 21.6 Å². The summed E-state index contributed by atoms with van der Waals surface area (Å²) in [5.74, 6) is 0.226. The maximum atomic E-state index is 11.3. The predicted molar refractivity (Wildman–Crippen MR) is 89.0 cm³/mol. The Balaban J connectivity index is 3.39. The van der Waals surface area contributed by atoms with Crippen molar-refractivity contribution in [2.75, 3.05) is 24.6 Å². The van der Waals surface area contributed by atoms with Crippen LogP contribution in [0.3, 0.4) is 0 Å². The van der Waals surface area contributed by atoms with E-state index in [4.69, 9.17) is 9.84 Å². The fraction of sp³-hybridized carbons (Fsp3) is 0.769. The lowest BCUT2D eigenvalue weighted by atomic mass is 10.2. The fourth-order valence-electron chi connectivity index (χ4n) is 1.17. The lowest BCUT2D eigenvalue weighted by molar-refractivity contribution is -0.138. The highest BCUT2D eigenvalue weighted by atomic mass is 33.1. The Bertz CT molecular complexity index is 372. The second kappa shape index (κ2) is 11.5. The van der Waals surface area contributed by atoms with E-state index in [-0.39, 0.29) is 18.7 Å². The van der Waals surface area contributed by atoms with Gasteiger partial charge in [0.25, 0.3) is 0 Å². The van der Waals surface area contributed by atoms with E-state index in [1.165, 1.54) is 0 Å². The van der Waals surface area contributed by atoms with Crippen LogP contribution in [0.15, 0.2) is 0 Å². The molecular weight excluding hydrogens is 328 g/mol. The van der Waals surface area contributed by atoms with Crippen LogP contribution in [-0.2, 0) is 14.3 Å². The van der Waals surface area contributed by atoms with E-state index in [0.717, 1.165) is 11.5 Å². The third kappa shape index (κ3) is 15.3. The molecule has 0 heterocycles. The number of aliphatic carboxylic acids is 1. The fourth-order valence-corrected chi connectivity index (χ4v) is 2.98. The maximum Gasteiger partial charge on any atom is 0.407 e. The minimum Gasteiger partial charge on any atom is -0.481 e. The Labute approximate surface area is 138 Å². The van der Waals surface area contributed by atoms with Gasteiger partial charge >= 0.3 is 12.1 Å². The lowest BCUT2D eigenvalue weighted by Crippen LogP contribution is -2.33. The monoisotopic (exact) mass is 352 g/mol. The Kier molecular flexibility index (Phi) is 10.9. The van der Waals surface area contributed by atoms with Crippen molar-refractivity contribution >= 4 is 39.6 Å². The molecule has 128 valence electrons. The van der Waals surface area contributed by atoms with Crippen LogP contribution in [-0.4, -0.2) is 53.3 Å². The van der Waals surface area contributed by atoms with E-state index in [1.807, 2.05) is 20.8 Å². The molecule has 22 heavy (non-hydrogen) atoms. The number of carbonyl (C=O) groups is 3. The minimum atomic E-state index is -0.974. The van der Waals surface area contributed by atoms with E-state index >= 15 is 0 Å². The molecule has 0 aliphatic heterocycles. The van der Waals surface area contributed by atoms with Gasteiger partial charge in [-0.15, -0.1) is 0 Å². The van der Waals surface area contributed by atoms with Crippen molar-refractivity contribution in [1.82, 2.24) is 10.6 Å². The normalized spacial score (nSPS) is 10.9. The van der Waals surface area contributed by atoms with Gasteiger partial charge in [-0.25, -0.2) is 4.79 Å². The summed E-state index contributed by atoms with van der Waals surface area (Å²) >= 11 is 0. The number of carboxylic acid groups (broad SMARTS) is 1. The molecule has 0 aliphatic rings. The summed E-state index contributed by atoms with van der Waals surface area (Å²) in [6.07, 6.45) is -0.569. The molecule has 0 saturated heterocycles. The highest BCUT2D eigenvalue weighted by Gasteiger charge is 2.15. The van der Waals surface area contributed by atoms with Crippen LogP contribution in [0.4, 0.5) is 4.79 Å². The average Bonchev–Trinajstić information content (AvgIpc) is 2.37. The molecule has 9 heteroatoms. The maximum absolute atomic E-state index is 11.3. The molecule has 7 nitrogen and oxygen atoms in total. The first kappa shape index (κ1) is 20.9. The van der Waals surface area contributed by atoms with Crippen LogP contribution in [0.25, 0.3) is 0 Å². The molecule has 0 spiro atoms. The first-order valence-electron chi connectivity index (χ1n) is 6.90. The largest absolute Gasteiger partial charge is 0.481 e. The minimum absolute atomic E-state index is 0.00690. The van der Waals surface area contributed by atoms with Crippen molar-refractivity contribution in [3.05, 3.63) is 0 Å². The van der Waals surface area contributed by atoms with Crippen molar-refractivity contribution in [3.8, 4) is 0 Å². The smallest absolute Gasteiger partial charge is 0.407 e. The number of rotatable bonds is 10. The molecule has 3 N–H and O–H groups in total. The van der Waals surface area contributed by atoms with Crippen molar-refractivity contribution in [2.24, 2.45) is 0 Å². The zero-order valence-electron chi connectivity index (χ0n) is 13.1. The quantitative estimate of drug-likeness (QED) is 0.407. The van der Waals surface area contributed by atoms with Crippen molar-refractivity contribution < 1.29 is 24.2 Å². The molecular formula is C13H24N2O5S2. The van der Waals surface area contributed by atoms with Crippen LogP contribution in [0.1, 0.15) is 33.6 Å². The summed E-state index contributed by atoms with van der Waals surface area (Å²) in [7, 11) is 3.16. The lowest BCUT2D eigenvalue weighted by Gasteiger charge is -2.19. The molecule has 0 radical (unpaired) electrons. The van der Waals surface area contributed by atoms with Gasteiger partial charge in [0, 0.05) is 31.0 Å². The average molecular weight is 352 g/mol. The second-order valence-electron chi connectivity index (χ2n) is 5.32. The summed E-state index contributed by atoms with van der Waals surface area (Å²) in [5.41, 5.74) is -0.495. The third-order valence-electron chi connectivity index (χ3n) is 2.01. The van der Waals surface area contributed by atoms with Gasteiger partial charge in [0.1, 0.15) is 5.60 Å². The molecule has 0 rings (SSSR count). The molecule has 0 unspecified atom stereocenters. The first-order valence-corrected chi connectivity index (χ1v) is 9.39. The Morgan fingerprint density at radius 3 is 2.05 bits per heavy atom. The zero-order chi connectivity index (χ0) is 17.0. The molecule has 0 aromatic carbocycles. The molecule has 0 fully saturated rings. The molecule has 0 bridgehead atoms. The number of alkyl carbamates (subject to hydrolysis) is 1. The second-order valence-corrected chi connectivity index (χ2v) is 8.02. The van der Waals surface area contributed by atoms with E-state index in [2.05, 4.69) is 10.6 Å². The van der Waals surface area contributed by atoms with E-state index < -0.39 is 17.7 Å². The van der Waals surface area contributed by atoms with Crippen LogP contribution >= 0.6 is 21.6 Å². The number of hydrogen-bond acceptors (Lipinski definition) is 6. The predicted octanol–water partition coefficient (Wildman–Crippen LogP) is 1.87. The summed E-state index contributed by atoms with van der Waals surface area (Å²) in [4.78, 5) is 32.8. The Morgan fingerprint density at radius 1 is 1.00 bits per heavy atom. The van der Waals surface area contributed by atoms with E-state index in [9.17, 15) is 14.4 Å². The topological polar surface area (TPSA) is 105 Å². The van der Waals surface area contributed by atoms with Gasteiger partial charge < -0.3 is 20.5 Å². The number of carbonyl (C=O) groups excluding carboxylic acids is 2. The number of amides is 2. The molecule has 2 amide bonds. The van der Waals surface area contributed by atoms with Gasteiger partial charge in [0.2, 0.25) is 5.91 Å². The third-order valence-corrected chi connectivity index (χ3v) is 4.42. The highest BCUT2D eigenvalue weighted by Crippen LogP contribution is 2.19. The number of carboxylic acids is 1. The Hall–Kier alpha value is -1.09. The standard InChI is InChI=1S/C13H24N2O5S2/c1-13(2,3)20-12(19)15-7-9-22-21-8-6-14-10(16)4-5-11(17)18/h4-9H2,1-3H3,(H,14,16)(H,15,19)(H,17,18). The van der Waals surface area contributed by atoms with Crippen LogP contribution in [0.2, 0.25) is 0 Å². The van der Waals surface area contributed by atoms with Crippen LogP contribution in [0.5, 0.6) is 0 Å². The Morgan fingerprint density at radius 2 is 1.55 bits per heavy atom. The summed E-state index contributed by atoms with van der Waals surface area (Å²) in [6, 6.07) is 0. The van der Waals surface area contributed by atoms with Crippen LogP contribution in [0, 0.1) is 0 Å². The molecule has 0 saturated carbocycles. The highest BCUT2D eigenvalue weighted by molar-refractivity contribution is 8.76. The molecule has 0 aliphatic carbocycles. The first-order chi connectivity index (χ1) is 10.2. The van der Waals surface area contributed by atoms with Crippen molar-refractivity contribution in [3.63, 3.8) is 0 Å². The van der Waals surface area contributed by atoms with Gasteiger partial charge in [0.15, 0.2) is 0 Å². The van der Waals surface area contributed by atoms with E-state index in [0.29, 0.717) is 13.1 Å². The van der Waals surface area contributed by atoms with E-state index in [1.54, 1.807) is 21.6 Å². The van der Waals surface area contributed by atoms with Gasteiger partial charge in [0.05, 0.1) is 6.42 Å². The summed E-state index contributed by atoms with van der Waals surface area (Å²) in [6.45, 7) is 6.43. The molecule has 0 aromatic heterocycles. The van der Waals surface area contributed by atoms with Crippen LogP contribution < -0.4 is 10.6 Å². The van der Waals surface area contributed by atoms with Gasteiger partial charge in [-0.3, -0.25) is 9.59 Å². The van der Waals surface area contributed by atoms with Gasteiger partial charge in [-0.05, 0) is 20.8 Å². The summed E-state index contributed by atoms with van der Waals surface area (Å²) < 4.78 is 5.09. The van der Waals surface area contributed by atoms with Crippen molar-refractivity contribution in [1.29, 1.82) is 0 Å². The molecule has 0 aromatic rings. The molecule has 0 atom stereocenters. The van der Waals surface area contributed by atoms with Crippen molar-refractivity contribution in [2.45, 2.75) is 39.2 Å².